The third kappa shape index (κ3) is 5.52. The zero-order chi connectivity index (χ0) is 25.1. The summed E-state index contributed by atoms with van der Waals surface area (Å²) < 4.78 is 7.65. The van der Waals surface area contributed by atoms with Crippen molar-refractivity contribution in [3.05, 3.63) is 54.6 Å². The van der Waals surface area contributed by atoms with Crippen LogP contribution in [0.3, 0.4) is 0 Å². The molecule has 1 N–H and O–H groups in total. The molecule has 0 saturated carbocycles. The molecule has 1 aliphatic heterocycles. The fourth-order valence-corrected chi connectivity index (χ4v) is 4.49. The molecule has 0 unspecified atom stereocenters. The van der Waals surface area contributed by atoms with E-state index in [0.717, 1.165) is 67.0 Å². The summed E-state index contributed by atoms with van der Waals surface area (Å²) >= 11 is 0. The lowest BCUT2D eigenvalue weighted by Crippen LogP contribution is -2.53. The van der Waals surface area contributed by atoms with Gasteiger partial charge in [0.15, 0.2) is 5.82 Å². The average molecular weight is 487 g/mol. The number of anilines is 2. The molecule has 0 aromatic carbocycles. The average Bonchev–Trinajstić information content (AvgIpc) is 3.34. The quantitative estimate of drug-likeness (QED) is 0.385. The molecule has 4 aromatic rings. The Morgan fingerprint density at radius 2 is 1.92 bits per heavy atom. The Bertz CT molecular complexity index is 1330. The lowest BCUT2D eigenvalue weighted by molar-refractivity contribution is -0.0515. The molecule has 9 nitrogen and oxygen atoms in total. The van der Waals surface area contributed by atoms with Gasteiger partial charge in [0.25, 0.3) is 0 Å². The Balaban J connectivity index is 1.26. The molecule has 0 atom stereocenters. The van der Waals surface area contributed by atoms with Crippen molar-refractivity contribution in [1.82, 2.24) is 34.8 Å². The highest BCUT2D eigenvalue weighted by atomic mass is 16.5. The van der Waals surface area contributed by atoms with E-state index >= 15 is 0 Å². The second-order valence-electron chi connectivity index (χ2n) is 10.3. The molecule has 5 rings (SSSR count). The lowest BCUT2D eigenvalue weighted by atomic mass is 10.0. The molecule has 0 bridgehead atoms. The molecule has 1 aliphatic rings. The monoisotopic (exact) mass is 486 g/mol. The molecular weight excluding hydrogens is 452 g/mol. The standard InChI is InChI=1S/C27H34N8O/c1-19(2)20-13-26(33-29-15-20)32-25-7-6-23-24(31-25)12-21(14-28-23)22-16-30-35(17-22)9-5-8-34-10-11-36-18-27(34,3)4/h6-7,12-17,19H,5,8-11,18H2,1-4H3,(H,31,32,33). The van der Waals surface area contributed by atoms with E-state index in [2.05, 4.69) is 70.5 Å². The van der Waals surface area contributed by atoms with Crippen LogP contribution in [0, 0.1) is 0 Å². The maximum atomic E-state index is 5.63. The second-order valence-corrected chi connectivity index (χ2v) is 10.3. The van der Waals surface area contributed by atoms with E-state index in [9.17, 15) is 0 Å². The van der Waals surface area contributed by atoms with E-state index in [1.807, 2.05) is 35.3 Å². The normalized spacial score (nSPS) is 16.0. The van der Waals surface area contributed by atoms with E-state index < -0.39 is 0 Å². The number of hydrogen-bond donors (Lipinski definition) is 1. The van der Waals surface area contributed by atoms with Crippen molar-refractivity contribution in [2.75, 3.05) is 31.6 Å². The number of nitrogens with one attached hydrogen (secondary N) is 1. The number of aromatic nitrogens is 6. The van der Waals surface area contributed by atoms with Gasteiger partial charge < -0.3 is 10.1 Å². The summed E-state index contributed by atoms with van der Waals surface area (Å²) in [5, 5.41) is 16.2. The topological polar surface area (TPSA) is 93.9 Å². The van der Waals surface area contributed by atoms with Crippen molar-refractivity contribution in [1.29, 1.82) is 0 Å². The maximum absolute atomic E-state index is 5.63. The first kappa shape index (κ1) is 24.3. The van der Waals surface area contributed by atoms with Crippen LogP contribution in [0.5, 0.6) is 0 Å². The Hall–Kier alpha value is -3.43. The van der Waals surface area contributed by atoms with Crippen molar-refractivity contribution < 1.29 is 4.74 Å². The van der Waals surface area contributed by atoms with Crippen LogP contribution >= 0.6 is 0 Å². The molecule has 5 heterocycles. The highest BCUT2D eigenvalue weighted by Gasteiger charge is 2.29. The first-order valence-corrected chi connectivity index (χ1v) is 12.6. The lowest BCUT2D eigenvalue weighted by Gasteiger charge is -2.42. The summed E-state index contributed by atoms with van der Waals surface area (Å²) in [6.07, 6.45) is 8.70. The molecule has 4 aromatic heterocycles. The van der Waals surface area contributed by atoms with Gasteiger partial charge in [-0.3, -0.25) is 14.6 Å². The fraction of sp³-hybridized carbons (Fsp3) is 0.444. The number of fused-ring (bicyclic) bond motifs is 1. The molecule has 0 spiro atoms. The molecule has 1 fully saturated rings. The molecular formula is C27H34N8O. The number of aryl methyl sites for hydroxylation is 1. The van der Waals surface area contributed by atoms with E-state index in [1.165, 1.54) is 0 Å². The predicted octanol–water partition coefficient (Wildman–Crippen LogP) is 4.65. The molecule has 188 valence electrons. The first-order chi connectivity index (χ1) is 17.4. The number of pyridine rings is 2. The summed E-state index contributed by atoms with van der Waals surface area (Å²) in [4.78, 5) is 11.9. The van der Waals surface area contributed by atoms with Crippen molar-refractivity contribution in [2.24, 2.45) is 0 Å². The Morgan fingerprint density at radius 3 is 2.75 bits per heavy atom. The third-order valence-electron chi connectivity index (χ3n) is 6.73. The minimum Gasteiger partial charge on any atom is -0.378 e. The fourth-order valence-electron chi connectivity index (χ4n) is 4.49. The van der Waals surface area contributed by atoms with Gasteiger partial charge >= 0.3 is 0 Å². The van der Waals surface area contributed by atoms with Crippen LogP contribution in [0.2, 0.25) is 0 Å². The number of rotatable bonds is 8. The Labute approximate surface area is 211 Å². The van der Waals surface area contributed by atoms with Gasteiger partial charge in [0, 0.05) is 48.7 Å². The SMILES string of the molecule is CC(C)c1cnnc(Nc2ccc3ncc(-c4cnn(CCCN5CCOCC5(C)C)c4)cc3n2)c1. The maximum Gasteiger partial charge on any atom is 0.154 e. The summed E-state index contributed by atoms with van der Waals surface area (Å²) in [6.45, 7) is 13.3. The van der Waals surface area contributed by atoms with Gasteiger partial charge in [-0.2, -0.15) is 10.2 Å². The first-order valence-electron chi connectivity index (χ1n) is 12.6. The predicted molar refractivity (Wildman–Crippen MR) is 141 cm³/mol. The molecule has 0 radical (unpaired) electrons. The van der Waals surface area contributed by atoms with Gasteiger partial charge in [-0.1, -0.05) is 13.8 Å². The van der Waals surface area contributed by atoms with E-state index in [1.54, 1.807) is 6.20 Å². The van der Waals surface area contributed by atoms with Gasteiger partial charge in [-0.05, 0) is 56.0 Å². The van der Waals surface area contributed by atoms with Crippen molar-refractivity contribution in [2.45, 2.75) is 52.1 Å². The van der Waals surface area contributed by atoms with Crippen molar-refractivity contribution >= 4 is 22.7 Å². The third-order valence-corrected chi connectivity index (χ3v) is 6.73. The largest absolute Gasteiger partial charge is 0.378 e. The van der Waals surface area contributed by atoms with Gasteiger partial charge in [-0.15, -0.1) is 5.10 Å². The molecule has 1 saturated heterocycles. The van der Waals surface area contributed by atoms with E-state index in [0.29, 0.717) is 17.6 Å². The summed E-state index contributed by atoms with van der Waals surface area (Å²) in [7, 11) is 0. The van der Waals surface area contributed by atoms with Crippen molar-refractivity contribution in [3.63, 3.8) is 0 Å². The van der Waals surface area contributed by atoms with Crippen LogP contribution < -0.4 is 5.32 Å². The minimum atomic E-state index is 0.0921. The van der Waals surface area contributed by atoms with E-state index in [-0.39, 0.29) is 5.54 Å². The van der Waals surface area contributed by atoms with E-state index in [4.69, 9.17) is 9.72 Å². The highest BCUT2D eigenvalue weighted by molar-refractivity contribution is 5.81. The number of nitrogens with zero attached hydrogens (tertiary/aromatic N) is 7. The van der Waals surface area contributed by atoms with Gasteiger partial charge in [-0.25, -0.2) is 4.98 Å². The van der Waals surface area contributed by atoms with Gasteiger partial charge in [0.1, 0.15) is 5.82 Å². The summed E-state index contributed by atoms with van der Waals surface area (Å²) in [5.74, 6) is 1.77. The Morgan fingerprint density at radius 1 is 1.03 bits per heavy atom. The van der Waals surface area contributed by atoms with Crippen LogP contribution in [0.4, 0.5) is 11.6 Å². The van der Waals surface area contributed by atoms with Crippen LogP contribution in [0.1, 0.15) is 45.6 Å². The Kier molecular flexibility index (Phi) is 6.93. The molecule has 9 heteroatoms. The van der Waals surface area contributed by atoms with Crippen LogP contribution in [-0.4, -0.2) is 66.7 Å². The number of hydrogen-bond acceptors (Lipinski definition) is 8. The number of morpholine rings is 1. The molecule has 0 aliphatic carbocycles. The highest BCUT2D eigenvalue weighted by Crippen LogP contribution is 2.24. The zero-order valence-electron chi connectivity index (χ0n) is 21.5. The second kappa shape index (κ2) is 10.3. The van der Waals surface area contributed by atoms with Crippen LogP contribution in [0.25, 0.3) is 22.2 Å². The van der Waals surface area contributed by atoms with Crippen LogP contribution in [-0.2, 0) is 11.3 Å². The minimum absolute atomic E-state index is 0.0921. The van der Waals surface area contributed by atoms with Gasteiger partial charge in [0.05, 0.1) is 36.6 Å². The zero-order valence-corrected chi connectivity index (χ0v) is 21.5. The molecule has 36 heavy (non-hydrogen) atoms. The van der Waals surface area contributed by atoms with Crippen molar-refractivity contribution in [3.8, 4) is 11.1 Å². The molecule has 0 amide bonds. The number of ether oxygens (including phenoxy) is 1. The summed E-state index contributed by atoms with van der Waals surface area (Å²) in [6, 6.07) is 7.94. The van der Waals surface area contributed by atoms with Crippen LogP contribution in [0.15, 0.2) is 49.1 Å². The summed E-state index contributed by atoms with van der Waals surface area (Å²) in [5.41, 5.74) is 4.90. The smallest absolute Gasteiger partial charge is 0.154 e. The van der Waals surface area contributed by atoms with Gasteiger partial charge in [0.2, 0.25) is 0 Å².